The molecule has 182 valence electrons. The van der Waals surface area contributed by atoms with E-state index in [1.807, 2.05) is 4.90 Å². The number of nitrogens with zero attached hydrogens (tertiary/aromatic N) is 2. The summed E-state index contributed by atoms with van der Waals surface area (Å²) in [6, 6.07) is -0.0532. The monoisotopic (exact) mass is 466 g/mol. The van der Waals surface area contributed by atoms with Crippen LogP contribution in [-0.4, -0.2) is 72.7 Å². The lowest BCUT2D eigenvalue weighted by Crippen LogP contribution is -2.52. The van der Waals surface area contributed by atoms with Crippen LogP contribution in [0.1, 0.15) is 77.6 Å². The van der Waals surface area contributed by atoms with E-state index >= 15 is 0 Å². The van der Waals surface area contributed by atoms with Crippen molar-refractivity contribution in [2.45, 2.75) is 94.9 Å². The first-order chi connectivity index (χ1) is 15.3. The number of nitrogens with two attached hydrogens (primary N) is 1. The smallest absolute Gasteiger partial charge is 0.239 e. The highest BCUT2D eigenvalue weighted by molar-refractivity contribution is 7.92. The van der Waals surface area contributed by atoms with Crippen LogP contribution in [0.25, 0.3) is 0 Å². The van der Waals surface area contributed by atoms with Crippen molar-refractivity contribution >= 4 is 21.6 Å². The quantitative estimate of drug-likeness (QED) is 0.462. The highest BCUT2D eigenvalue weighted by atomic mass is 32.2. The Morgan fingerprint density at radius 2 is 1.69 bits per heavy atom. The Morgan fingerprint density at radius 1 is 1.00 bits per heavy atom. The number of amidine groups is 1. The highest BCUT2D eigenvalue weighted by Gasteiger charge is 2.48. The number of sulfone groups is 1. The predicted octanol–water partition coefficient (Wildman–Crippen LogP) is 2.79. The molecule has 0 aromatic rings. The standard InChI is InChI=1S/C24H42N4O3S/c1-17-9-11-27(12-10-17)24(29)22-15-18-7-8-19(23(25)26)16-21(18)28(22)13-14-32(30,31)20-5-3-2-4-6-20/h17-22H,2-16H2,1H3,(H3,25,26). The summed E-state index contributed by atoms with van der Waals surface area (Å²) < 4.78 is 26.2. The number of likely N-dealkylation sites (tertiary alicyclic amines) is 2. The minimum Gasteiger partial charge on any atom is -0.387 e. The van der Waals surface area contributed by atoms with Gasteiger partial charge < -0.3 is 10.6 Å². The number of nitrogens with one attached hydrogen (secondary N) is 1. The molecule has 2 aliphatic heterocycles. The van der Waals surface area contributed by atoms with Gasteiger partial charge in [-0.3, -0.25) is 15.1 Å². The van der Waals surface area contributed by atoms with Crippen molar-refractivity contribution in [3.05, 3.63) is 0 Å². The zero-order valence-electron chi connectivity index (χ0n) is 19.7. The summed E-state index contributed by atoms with van der Waals surface area (Å²) in [4.78, 5) is 17.8. The number of hydrogen-bond acceptors (Lipinski definition) is 5. The molecule has 32 heavy (non-hydrogen) atoms. The van der Waals surface area contributed by atoms with Crippen molar-refractivity contribution in [3.8, 4) is 0 Å². The van der Waals surface area contributed by atoms with Gasteiger partial charge in [0.2, 0.25) is 5.91 Å². The zero-order chi connectivity index (χ0) is 22.9. The van der Waals surface area contributed by atoms with E-state index in [4.69, 9.17) is 11.1 Å². The molecule has 2 saturated heterocycles. The molecule has 4 fully saturated rings. The van der Waals surface area contributed by atoms with E-state index in [-0.39, 0.29) is 40.7 Å². The van der Waals surface area contributed by atoms with Gasteiger partial charge in [0, 0.05) is 31.6 Å². The topological polar surface area (TPSA) is 108 Å². The van der Waals surface area contributed by atoms with Crippen LogP contribution in [0.2, 0.25) is 0 Å². The van der Waals surface area contributed by atoms with Gasteiger partial charge in [-0.25, -0.2) is 8.42 Å². The third-order valence-corrected chi connectivity index (χ3v) is 11.1. The minimum absolute atomic E-state index is 0.0541. The molecule has 0 aromatic carbocycles. The molecule has 0 spiro atoms. The molecule has 3 N–H and O–H groups in total. The van der Waals surface area contributed by atoms with Crippen molar-refractivity contribution < 1.29 is 13.2 Å². The Hall–Kier alpha value is -1.15. The molecule has 7 nitrogen and oxygen atoms in total. The second-order valence-corrected chi connectivity index (χ2v) is 13.3. The Kier molecular flexibility index (Phi) is 7.50. The zero-order valence-corrected chi connectivity index (χ0v) is 20.5. The molecular weight excluding hydrogens is 424 g/mol. The second-order valence-electron chi connectivity index (χ2n) is 10.9. The van der Waals surface area contributed by atoms with Gasteiger partial charge in [-0.2, -0.15) is 0 Å². The molecule has 0 radical (unpaired) electrons. The third kappa shape index (κ3) is 5.16. The largest absolute Gasteiger partial charge is 0.387 e. The Balaban J connectivity index is 1.49. The fourth-order valence-corrected chi connectivity index (χ4v) is 8.50. The average molecular weight is 467 g/mol. The maximum atomic E-state index is 13.6. The van der Waals surface area contributed by atoms with Crippen LogP contribution >= 0.6 is 0 Å². The number of hydrogen-bond donors (Lipinski definition) is 2. The number of fused-ring (bicyclic) bond motifs is 1. The van der Waals surface area contributed by atoms with E-state index in [1.54, 1.807) is 0 Å². The first kappa shape index (κ1) is 24.0. The minimum atomic E-state index is -3.15. The van der Waals surface area contributed by atoms with Crippen LogP contribution in [-0.2, 0) is 14.6 Å². The molecule has 2 aliphatic carbocycles. The van der Waals surface area contributed by atoms with Gasteiger partial charge in [0.05, 0.1) is 22.9 Å². The van der Waals surface area contributed by atoms with Gasteiger partial charge in [0.15, 0.2) is 9.84 Å². The summed E-state index contributed by atoms with van der Waals surface area (Å²) in [5.74, 6) is 1.70. The number of carbonyl (C=O) groups excluding carboxylic acids is 1. The van der Waals surface area contributed by atoms with E-state index in [0.29, 0.717) is 18.4 Å². The number of amides is 1. The van der Waals surface area contributed by atoms with Crippen LogP contribution < -0.4 is 5.73 Å². The summed E-state index contributed by atoms with van der Waals surface area (Å²) in [5.41, 5.74) is 5.85. The fraction of sp³-hybridized carbons (Fsp3) is 0.917. The molecule has 2 saturated carbocycles. The molecule has 4 rings (SSSR count). The van der Waals surface area contributed by atoms with Crippen molar-refractivity contribution in [2.24, 2.45) is 23.5 Å². The number of carbonyl (C=O) groups is 1. The van der Waals surface area contributed by atoms with E-state index in [0.717, 1.165) is 83.7 Å². The van der Waals surface area contributed by atoms with Gasteiger partial charge in [0.1, 0.15) is 0 Å². The normalized spacial score (nSPS) is 33.2. The van der Waals surface area contributed by atoms with Gasteiger partial charge in [-0.15, -0.1) is 0 Å². The van der Waals surface area contributed by atoms with Crippen LogP contribution in [0.4, 0.5) is 0 Å². The SMILES string of the molecule is CC1CCN(C(=O)C2CC3CCC(C(=N)N)CC3N2CCS(=O)(=O)C2CCCCC2)CC1. The first-order valence-electron chi connectivity index (χ1n) is 12.9. The lowest BCUT2D eigenvalue weighted by atomic mass is 9.78. The van der Waals surface area contributed by atoms with Crippen LogP contribution in [0.5, 0.6) is 0 Å². The average Bonchev–Trinajstić information content (AvgIpc) is 3.16. The molecule has 4 atom stereocenters. The summed E-state index contributed by atoms with van der Waals surface area (Å²) in [7, 11) is -3.15. The Morgan fingerprint density at radius 3 is 2.34 bits per heavy atom. The van der Waals surface area contributed by atoms with Gasteiger partial charge >= 0.3 is 0 Å². The molecule has 8 heteroatoms. The summed E-state index contributed by atoms with van der Waals surface area (Å²) >= 11 is 0. The van der Waals surface area contributed by atoms with E-state index in [1.165, 1.54) is 0 Å². The van der Waals surface area contributed by atoms with Crippen molar-refractivity contribution in [3.63, 3.8) is 0 Å². The molecule has 1 amide bonds. The van der Waals surface area contributed by atoms with Gasteiger partial charge in [-0.05, 0) is 63.2 Å². The lowest BCUT2D eigenvalue weighted by Gasteiger charge is -2.38. The second kappa shape index (κ2) is 10.00. The van der Waals surface area contributed by atoms with Crippen molar-refractivity contribution in [1.29, 1.82) is 5.41 Å². The highest BCUT2D eigenvalue weighted by Crippen LogP contribution is 2.42. The number of rotatable bonds is 6. The van der Waals surface area contributed by atoms with Crippen molar-refractivity contribution in [1.82, 2.24) is 9.80 Å². The van der Waals surface area contributed by atoms with Crippen LogP contribution in [0.15, 0.2) is 0 Å². The van der Waals surface area contributed by atoms with Crippen LogP contribution in [0, 0.1) is 23.2 Å². The summed E-state index contributed by atoms with van der Waals surface area (Å²) in [6.45, 7) is 4.31. The molecule has 4 aliphatic rings. The molecule has 0 bridgehead atoms. The van der Waals surface area contributed by atoms with Gasteiger partial charge in [0.25, 0.3) is 0 Å². The van der Waals surface area contributed by atoms with Gasteiger partial charge in [-0.1, -0.05) is 26.2 Å². The maximum Gasteiger partial charge on any atom is 0.239 e. The molecule has 0 aromatic heterocycles. The Labute approximate surface area is 193 Å². The lowest BCUT2D eigenvalue weighted by molar-refractivity contribution is -0.137. The van der Waals surface area contributed by atoms with E-state index in [2.05, 4.69) is 11.8 Å². The molecule has 2 heterocycles. The first-order valence-corrected chi connectivity index (χ1v) is 14.6. The molecular formula is C24H42N4O3S. The fourth-order valence-electron chi connectivity index (χ4n) is 6.65. The van der Waals surface area contributed by atoms with Crippen LogP contribution in [0.3, 0.4) is 0 Å². The number of piperidine rings is 1. The van der Waals surface area contributed by atoms with Crippen molar-refractivity contribution in [2.75, 3.05) is 25.4 Å². The molecule has 4 unspecified atom stereocenters. The van der Waals surface area contributed by atoms with E-state index in [9.17, 15) is 13.2 Å². The summed E-state index contributed by atoms with van der Waals surface area (Å²) in [5, 5.41) is 7.74. The summed E-state index contributed by atoms with van der Waals surface area (Å²) in [6.07, 6.45) is 10.3. The Bertz CT molecular complexity index is 787. The van der Waals surface area contributed by atoms with E-state index < -0.39 is 9.84 Å². The third-order valence-electron chi connectivity index (χ3n) is 8.82. The maximum absolute atomic E-state index is 13.6. The predicted molar refractivity (Wildman–Crippen MR) is 127 cm³/mol.